The van der Waals surface area contributed by atoms with Gasteiger partial charge in [0.05, 0.1) is 5.69 Å². The van der Waals surface area contributed by atoms with Gasteiger partial charge in [-0.1, -0.05) is 25.9 Å². The molecule has 0 spiro atoms. The number of likely N-dealkylation sites (N-methyl/N-ethyl adjacent to an activating group) is 1. The van der Waals surface area contributed by atoms with Crippen molar-refractivity contribution in [1.29, 1.82) is 0 Å². The van der Waals surface area contributed by atoms with Crippen LogP contribution in [-0.2, 0) is 6.54 Å². The van der Waals surface area contributed by atoms with Crippen molar-refractivity contribution in [3.63, 3.8) is 0 Å². The number of likely N-dealkylation sites (tertiary alicyclic amines) is 1. The van der Waals surface area contributed by atoms with Gasteiger partial charge in [-0.25, -0.2) is 4.99 Å². The molecule has 0 aliphatic carbocycles. The molecule has 1 fully saturated rings. The monoisotopic (exact) mass is 477 g/mol. The van der Waals surface area contributed by atoms with E-state index in [2.05, 4.69) is 59.4 Å². The minimum absolute atomic E-state index is 0. The molecule has 7 heteroatoms. The predicted molar refractivity (Wildman–Crippen MR) is 118 cm³/mol. The molecule has 1 aromatic heterocycles. The molecule has 2 rings (SSSR count). The standard InChI is InChI=1S/C19H35N5O.HI/c1-5-15(6-2)18-12-17(25-23-18)14-22-19(20-7-3)21-13-16-10-9-11-24(16)8-4;/h12,15-16H,5-11,13-14H2,1-4H3,(H2,20,21,22);1H. The second-order valence-electron chi connectivity index (χ2n) is 6.73. The van der Waals surface area contributed by atoms with E-state index < -0.39 is 0 Å². The topological polar surface area (TPSA) is 65.7 Å². The molecule has 2 heterocycles. The van der Waals surface area contributed by atoms with E-state index >= 15 is 0 Å². The number of nitrogens with one attached hydrogen (secondary N) is 2. The molecule has 6 nitrogen and oxygen atoms in total. The molecule has 0 bridgehead atoms. The molecule has 1 atom stereocenters. The summed E-state index contributed by atoms with van der Waals surface area (Å²) < 4.78 is 5.47. The summed E-state index contributed by atoms with van der Waals surface area (Å²) in [6.07, 6.45) is 4.74. The van der Waals surface area contributed by atoms with Gasteiger partial charge in [0.15, 0.2) is 11.7 Å². The van der Waals surface area contributed by atoms with Gasteiger partial charge in [-0.2, -0.15) is 0 Å². The summed E-state index contributed by atoms with van der Waals surface area (Å²) in [5.41, 5.74) is 1.05. The highest BCUT2D eigenvalue weighted by Crippen LogP contribution is 2.22. The Morgan fingerprint density at radius 3 is 2.73 bits per heavy atom. The molecule has 150 valence electrons. The molecule has 0 amide bonds. The smallest absolute Gasteiger partial charge is 0.191 e. The first-order valence-electron chi connectivity index (χ1n) is 9.93. The van der Waals surface area contributed by atoms with Crippen molar-refractivity contribution < 1.29 is 4.52 Å². The van der Waals surface area contributed by atoms with Crippen molar-refractivity contribution in [3.05, 3.63) is 17.5 Å². The van der Waals surface area contributed by atoms with E-state index in [0.717, 1.165) is 49.9 Å². The zero-order valence-electron chi connectivity index (χ0n) is 16.8. The first-order valence-corrected chi connectivity index (χ1v) is 9.93. The van der Waals surface area contributed by atoms with Crippen molar-refractivity contribution in [2.45, 2.75) is 71.9 Å². The third-order valence-corrected chi connectivity index (χ3v) is 5.13. The number of hydrogen-bond acceptors (Lipinski definition) is 4. The molecule has 1 aliphatic rings. The van der Waals surface area contributed by atoms with E-state index in [1.165, 1.54) is 19.4 Å². The van der Waals surface area contributed by atoms with Crippen LogP contribution < -0.4 is 10.6 Å². The van der Waals surface area contributed by atoms with Gasteiger partial charge in [-0.05, 0) is 45.7 Å². The summed E-state index contributed by atoms with van der Waals surface area (Å²) in [5, 5.41) is 11.0. The Morgan fingerprint density at radius 1 is 1.31 bits per heavy atom. The maximum Gasteiger partial charge on any atom is 0.191 e. The zero-order valence-corrected chi connectivity index (χ0v) is 19.1. The Balaban J connectivity index is 0.00000338. The van der Waals surface area contributed by atoms with Gasteiger partial charge in [-0.15, -0.1) is 24.0 Å². The Labute approximate surface area is 175 Å². The van der Waals surface area contributed by atoms with Crippen LogP contribution in [-0.4, -0.2) is 48.2 Å². The Hall–Kier alpha value is -0.830. The van der Waals surface area contributed by atoms with E-state index in [9.17, 15) is 0 Å². The average molecular weight is 477 g/mol. The van der Waals surface area contributed by atoms with Crippen LogP contribution in [0.5, 0.6) is 0 Å². The van der Waals surface area contributed by atoms with Crippen LogP contribution in [0.25, 0.3) is 0 Å². The molecular formula is C19H36IN5O. The van der Waals surface area contributed by atoms with Gasteiger partial charge in [0, 0.05) is 31.1 Å². The fourth-order valence-corrected chi connectivity index (χ4v) is 3.56. The molecule has 2 N–H and O–H groups in total. The van der Waals surface area contributed by atoms with Crippen LogP contribution >= 0.6 is 24.0 Å². The maximum absolute atomic E-state index is 5.47. The lowest BCUT2D eigenvalue weighted by Gasteiger charge is -2.23. The molecule has 1 unspecified atom stereocenters. The molecule has 1 saturated heterocycles. The van der Waals surface area contributed by atoms with Gasteiger partial charge in [0.2, 0.25) is 0 Å². The van der Waals surface area contributed by atoms with Crippen molar-refractivity contribution >= 4 is 29.9 Å². The molecular weight excluding hydrogens is 441 g/mol. The normalized spacial score (nSPS) is 18.2. The maximum atomic E-state index is 5.47. The Morgan fingerprint density at radius 2 is 2.08 bits per heavy atom. The van der Waals surface area contributed by atoms with Crippen LogP contribution in [0.3, 0.4) is 0 Å². The summed E-state index contributed by atoms with van der Waals surface area (Å²) in [7, 11) is 0. The lowest BCUT2D eigenvalue weighted by atomic mass is 9.99. The zero-order chi connectivity index (χ0) is 18.1. The first kappa shape index (κ1) is 23.2. The third kappa shape index (κ3) is 6.72. The number of nitrogens with zero attached hydrogens (tertiary/aromatic N) is 3. The van der Waals surface area contributed by atoms with Crippen LogP contribution in [0.1, 0.15) is 70.8 Å². The minimum atomic E-state index is 0. The number of rotatable bonds is 9. The second-order valence-corrected chi connectivity index (χ2v) is 6.73. The Bertz CT molecular complexity index is 530. The van der Waals surface area contributed by atoms with Gasteiger partial charge < -0.3 is 15.2 Å². The van der Waals surface area contributed by atoms with Crippen molar-refractivity contribution in [1.82, 2.24) is 20.7 Å². The summed E-state index contributed by atoms with van der Waals surface area (Å²) in [6, 6.07) is 2.67. The van der Waals surface area contributed by atoms with E-state index in [4.69, 9.17) is 4.52 Å². The van der Waals surface area contributed by atoms with Crippen LogP contribution in [0.2, 0.25) is 0 Å². The van der Waals surface area contributed by atoms with Crippen LogP contribution in [0.4, 0.5) is 0 Å². The largest absolute Gasteiger partial charge is 0.359 e. The molecule has 1 aromatic rings. The molecule has 0 radical (unpaired) electrons. The number of aliphatic imine (C=N–C) groups is 1. The highest BCUT2D eigenvalue weighted by atomic mass is 127. The summed E-state index contributed by atoms with van der Waals surface area (Å²) in [4.78, 5) is 7.20. The summed E-state index contributed by atoms with van der Waals surface area (Å²) in [6.45, 7) is 13.4. The second kappa shape index (κ2) is 12.5. The van der Waals surface area contributed by atoms with E-state index in [0.29, 0.717) is 18.5 Å². The third-order valence-electron chi connectivity index (χ3n) is 5.13. The van der Waals surface area contributed by atoms with E-state index in [1.807, 2.05) is 0 Å². The van der Waals surface area contributed by atoms with Gasteiger partial charge >= 0.3 is 0 Å². The number of aromatic nitrogens is 1. The first-order chi connectivity index (χ1) is 12.2. The Kier molecular flexibility index (Phi) is 11.2. The number of hydrogen-bond donors (Lipinski definition) is 2. The lowest BCUT2D eigenvalue weighted by Crippen LogP contribution is -2.44. The van der Waals surface area contributed by atoms with E-state index in [-0.39, 0.29) is 24.0 Å². The fourth-order valence-electron chi connectivity index (χ4n) is 3.56. The summed E-state index contributed by atoms with van der Waals surface area (Å²) >= 11 is 0. The lowest BCUT2D eigenvalue weighted by molar-refractivity contribution is 0.267. The number of guanidine groups is 1. The molecule has 0 aromatic carbocycles. The molecule has 1 aliphatic heterocycles. The van der Waals surface area contributed by atoms with E-state index in [1.54, 1.807) is 0 Å². The van der Waals surface area contributed by atoms with Crippen molar-refractivity contribution in [3.8, 4) is 0 Å². The average Bonchev–Trinajstić information content (AvgIpc) is 3.27. The van der Waals surface area contributed by atoms with Gasteiger partial charge in [-0.3, -0.25) is 4.90 Å². The number of halogens is 1. The predicted octanol–water partition coefficient (Wildman–Crippen LogP) is 3.74. The minimum Gasteiger partial charge on any atom is -0.359 e. The highest BCUT2D eigenvalue weighted by molar-refractivity contribution is 14.0. The van der Waals surface area contributed by atoms with Crippen molar-refractivity contribution in [2.24, 2.45) is 4.99 Å². The van der Waals surface area contributed by atoms with Gasteiger partial charge in [0.1, 0.15) is 6.54 Å². The summed E-state index contributed by atoms with van der Waals surface area (Å²) in [5.74, 6) is 2.16. The molecule has 0 saturated carbocycles. The van der Waals surface area contributed by atoms with Crippen molar-refractivity contribution in [2.75, 3.05) is 26.2 Å². The fraction of sp³-hybridized carbons (Fsp3) is 0.789. The quantitative estimate of drug-likeness (QED) is 0.322. The SMILES string of the molecule is CCNC(=NCc1cc(C(CC)CC)no1)NCC1CCCN1CC.I. The van der Waals surface area contributed by atoms with Crippen LogP contribution in [0.15, 0.2) is 15.6 Å². The molecule has 26 heavy (non-hydrogen) atoms. The highest BCUT2D eigenvalue weighted by Gasteiger charge is 2.22. The van der Waals surface area contributed by atoms with Gasteiger partial charge in [0.25, 0.3) is 0 Å². The van der Waals surface area contributed by atoms with Crippen LogP contribution in [0, 0.1) is 0 Å².